The van der Waals surface area contributed by atoms with E-state index < -0.39 is 0 Å². The zero-order chi connectivity index (χ0) is 20.2. The van der Waals surface area contributed by atoms with Crippen LogP contribution >= 0.6 is 12.2 Å². The number of hydrogen-bond donors (Lipinski definition) is 3. The second-order valence-electron chi connectivity index (χ2n) is 6.07. The van der Waals surface area contributed by atoms with Crippen molar-refractivity contribution < 1.29 is 9.84 Å². The Balaban J connectivity index is 1.67. The normalized spacial score (nSPS) is 11.2. The molecule has 0 aliphatic rings. The minimum absolute atomic E-state index is 0.0163. The highest BCUT2D eigenvalue weighted by atomic mass is 32.1. The Bertz CT molecular complexity index is 1210. The number of benzene rings is 2. The number of para-hydroxylation sites is 1. The van der Waals surface area contributed by atoms with Crippen molar-refractivity contribution >= 4 is 18.4 Å². The third-order valence-corrected chi connectivity index (χ3v) is 4.45. The number of hydrogen-bond acceptors (Lipinski definition) is 6. The first-order chi connectivity index (χ1) is 14.2. The second kappa shape index (κ2) is 8.11. The fraction of sp³-hybridized carbons (Fsp3) is 0.100. The second-order valence-corrected chi connectivity index (χ2v) is 6.46. The minimum Gasteiger partial charge on any atom is -0.504 e. The molecule has 0 bridgehead atoms. The largest absolute Gasteiger partial charge is 0.504 e. The molecule has 2 aromatic heterocycles. The smallest absolute Gasteiger partial charge is 0.216 e. The third kappa shape index (κ3) is 3.81. The summed E-state index contributed by atoms with van der Waals surface area (Å²) in [7, 11) is 0. The number of aromatic hydroxyl groups is 1. The summed E-state index contributed by atoms with van der Waals surface area (Å²) >= 11 is 5.30. The summed E-state index contributed by atoms with van der Waals surface area (Å²) in [5.41, 5.74) is 2.92. The quantitative estimate of drug-likeness (QED) is 0.332. The summed E-state index contributed by atoms with van der Waals surface area (Å²) in [5, 5.41) is 29.0. The Kier molecular flexibility index (Phi) is 5.21. The van der Waals surface area contributed by atoms with Crippen LogP contribution < -0.4 is 4.74 Å². The maximum absolute atomic E-state index is 10.3. The van der Waals surface area contributed by atoms with Crippen LogP contribution in [0.25, 0.3) is 22.8 Å². The van der Waals surface area contributed by atoms with E-state index in [0.29, 0.717) is 34.2 Å². The van der Waals surface area contributed by atoms with Gasteiger partial charge in [-0.15, -0.1) is 0 Å². The van der Waals surface area contributed by atoms with Crippen molar-refractivity contribution in [3.63, 3.8) is 0 Å². The number of H-pyrrole nitrogens is 2. The maximum Gasteiger partial charge on any atom is 0.216 e. The van der Waals surface area contributed by atoms with Crippen LogP contribution in [0.5, 0.6) is 11.5 Å². The monoisotopic (exact) mass is 406 g/mol. The van der Waals surface area contributed by atoms with E-state index in [1.54, 1.807) is 18.2 Å². The van der Waals surface area contributed by atoms with Crippen LogP contribution in [0.15, 0.2) is 59.7 Å². The van der Waals surface area contributed by atoms with Gasteiger partial charge in [-0.1, -0.05) is 36.4 Å². The van der Waals surface area contributed by atoms with Crippen LogP contribution in [0, 0.1) is 4.77 Å². The number of nitrogens with zero attached hydrogens (tertiary/aromatic N) is 4. The maximum atomic E-state index is 10.3. The predicted molar refractivity (Wildman–Crippen MR) is 113 cm³/mol. The first kappa shape index (κ1) is 18.6. The van der Waals surface area contributed by atoms with E-state index in [9.17, 15) is 5.11 Å². The Morgan fingerprint density at radius 1 is 1.14 bits per heavy atom. The minimum atomic E-state index is 0.0163. The molecule has 0 radical (unpaired) electrons. The van der Waals surface area contributed by atoms with E-state index >= 15 is 0 Å². The topological polar surface area (TPSA) is 104 Å². The van der Waals surface area contributed by atoms with E-state index in [4.69, 9.17) is 17.0 Å². The number of ether oxygens (including phenoxy) is 1. The molecule has 0 spiro atoms. The van der Waals surface area contributed by atoms with E-state index in [2.05, 4.69) is 25.5 Å². The molecule has 9 heteroatoms. The fourth-order valence-electron chi connectivity index (χ4n) is 2.80. The molecule has 29 heavy (non-hydrogen) atoms. The Hall–Kier alpha value is -3.72. The van der Waals surface area contributed by atoms with Crippen molar-refractivity contribution in [2.24, 2.45) is 5.10 Å². The average Bonchev–Trinajstić information content (AvgIpc) is 3.36. The Morgan fingerprint density at radius 3 is 2.76 bits per heavy atom. The van der Waals surface area contributed by atoms with Crippen LogP contribution in [-0.4, -0.2) is 43.0 Å². The molecule has 0 amide bonds. The number of aromatic amines is 2. The fourth-order valence-corrected chi connectivity index (χ4v) is 2.98. The molecular formula is C20H18N6O2S. The van der Waals surface area contributed by atoms with Crippen LogP contribution in [0.4, 0.5) is 0 Å². The summed E-state index contributed by atoms with van der Waals surface area (Å²) in [6.07, 6.45) is 1.50. The van der Waals surface area contributed by atoms with Crippen molar-refractivity contribution in [1.29, 1.82) is 0 Å². The number of phenolic OH excluding ortho intramolecular Hbond substituents is 1. The van der Waals surface area contributed by atoms with Gasteiger partial charge in [-0.05, 0) is 37.3 Å². The van der Waals surface area contributed by atoms with Gasteiger partial charge in [0.25, 0.3) is 0 Å². The van der Waals surface area contributed by atoms with Gasteiger partial charge < -0.3 is 9.84 Å². The van der Waals surface area contributed by atoms with Gasteiger partial charge in [0.05, 0.1) is 18.5 Å². The molecule has 0 saturated heterocycles. The Labute approximate surface area is 171 Å². The summed E-state index contributed by atoms with van der Waals surface area (Å²) in [6.45, 7) is 2.31. The van der Waals surface area contributed by atoms with Gasteiger partial charge in [0.15, 0.2) is 11.5 Å². The van der Waals surface area contributed by atoms with Crippen molar-refractivity contribution in [3.8, 4) is 34.3 Å². The predicted octanol–water partition coefficient (Wildman–Crippen LogP) is 3.98. The molecule has 0 aliphatic carbocycles. The summed E-state index contributed by atoms with van der Waals surface area (Å²) in [6, 6.07) is 16.9. The van der Waals surface area contributed by atoms with Crippen LogP contribution in [0.2, 0.25) is 0 Å². The molecule has 0 fully saturated rings. The van der Waals surface area contributed by atoms with Gasteiger partial charge in [-0.2, -0.15) is 20.0 Å². The molecule has 0 saturated carbocycles. The summed E-state index contributed by atoms with van der Waals surface area (Å²) in [4.78, 5) is 0. The lowest BCUT2D eigenvalue weighted by atomic mass is 10.1. The van der Waals surface area contributed by atoms with Gasteiger partial charge in [0.2, 0.25) is 10.6 Å². The third-order valence-electron chi connectivity index (χ3n) is 4.18. The van der Waals surface area contributed by atoms with Crippen molar-refractivity contribution in [2.45, 2.75) is 6.92 Å². The molecule has 2 heterocycles. The molecule has 3 N–H and O–H groups in total. The molecule has 0 atom stereocenters. The summed E-state index contributed by atoms with van der Waals surface area (Å²) < 4.78 is 7.18. The van der Waals surface area contributed by atoms with E-state index in [1.165, 1.54) is 10.9 Å². The van der Waals surface area contributed by atoms with E-state index in [1.807, 2.05) is 43.3 Å². The standard InChI is InChI=1S/C20H18N6O2S/c1-2-28-17-10-6-9-14(18(17)27)12-21-26-19(24-25-20(26)29)16-11-15(22-23-16)13-7-4-3-5-8-13/h3-12,27H,2H2,1H3,(H,22,23)(H,25,29)/b21-12+. The number of nitrogens with one attached hydrogen (secondary N) is 2. The zero-order valence-corrected chi connectivity index (χ0v) is 16.3. The lowest BCUT2D eigenvalue weighted by molar-refractivity contribution is 0.318. The summed E-state index contributed by atoms with van der Waals surface area (Å²) in [5.74, 6) is 0.887. The van der Waals surface area contributed by atoms with Gasteiger partial charge in [0, 0.05) is 11.1 Å². The molecule has 4 aromatic rings. The number of rotatable bonds is 6. The highest BCUT2D eigenvalue weighted by Gasteiger charge is 2.13. The molecule has 4 rings (SSSR count). The molecule has 8 nitrogen and oxygen atoms in total. The van der Waals surface area contributed by atoms with Crippen LogP contribution in [0.3, 0.4) is 0 Å². The average molecular weight is 406 g/mol. The Morgan fingerprint density at radius 2 is 1.97 bits per heavy atom. The van der Waals surface area contributed by atoms with Gasteiger partial charge >= 0.3 is 0 Å². The van der Waals surface area contributed by atoms with Crippen LogP contribution in [-0.2, 0) is 0 Å². The molecule has 0 unspecified atom stereocenters. The number of phenols is 1. The van der Waals surface area contributed by atoms with E-state index in [0.717, 1.165) is 11.3 Å². The molecular weight excluding hydrogens is 388 g/mol. The first-order valence-corrected chi connectivity index (χ1v) is 9.36. The SMILES string of the molecule is CCOc1cccc(/C=N/n2c(-c3cc(-c4ccccc4)n[nH]3)n[nH]c2=S)c1O. The molecule has 0 aliphatic heterocycles. The van der Waals surface area contributed by atoms with Gasteiger partial charge in [0.1, 0.15) is 5.69 Å². The van der Waals surface area contributed by atoms with Crippen LogP contribution in [0.1, 0.15) is 12.5 Å². The van der Waals surface area contributed by atoms with Gasteiger partial charge in [-0.25, -0.2) is 5.10 Å². The molecule has 146 valence electrons. The lowest BCUT2D eigenvalue weighted by Gasteiger charge is -2.07. The van der Waals surface area contributed by atoms with E-state index in [-0.39, 0.29) is 5.75 Å². The number of aromatic nitrogens is 5. The zero-order valence-electron chi connectivity index (χ0n) is 15.5. The lowest BCUT2D eigenvalue weighted by Crippen LogP contribution is -1.97. The highest BCUT2D eigenvalue weighted by molar-refractivity contribution is 7.71. The first-order valence-electron chi connectivity index (χ1n) is 8.95. The van der Waals surface area contributed by atoms with Gasteiger partial charge in [-0.3, -0.25) is 5.10 Å². The van der Waals surface area contributed by atoms with Crippen molar-refractivity contribution in [1.82, 2.24) is 25.1 Å². The van der Waals surface area contributed by atoms with Crippen molar-refractivity contribution in [2.75, 3.05) is 6.61 Å². The highest BCUT2D eigenvalue weighted by Crippen LogP contribution is 2.29. The van der Waals surface area contributed by atoms with Crippen molar-refractivity contribution in [3.05, 3.63) is 64.9 Å². The molecule has 2 aromatic carbocycles.